The van der Waals surface area contributed by atoms with Crippen molar-refractivity contribution in [1.29, 1.82) is 0 Å². The third-order valence-corrected chi connectivity index (χ3v) is 5.05. The summed E-state index contributed by atoms with van der Waals surface area (Å²) in [4.78, 5) is 13.5. The monoisotopic (exact) mass is 417 g/mol. The second kappa shape index (κ2) is 10.6. The summed E-state index contributed by atoms with van der Waals surface area (Å²) >= 11 is 6.66. The second-order valence-corrected chi connectivity index (χ2v) is 7.72. The highest BCUT2D eigenvalue weighted by Crippen LogP contribution is 2.42. The fourth-order valence-electron chi connectivity index (χ4n) is 2.70. The van der Waals surface area contributed by atoms with Gasteiger partial charge in [0.25, 0.3) is 0 Å². The molecule has 29 heavy (non-hydrogen) atoms. The van der Waals surface area contributed by atoms with E-state index in [9.17, 15) is 0 Å². The molecular weight excluding hydrogens is 386 g/mol. The van der Waals surface area contributed by atoms with Gasteiger partial charge >= 0.3 is 0 Å². The molecule has 1 aliphatic rings. The lowest BCUT2D eigenvalue weighted by atomic mass is 10.1. The molecule has 5 nitrogen and oxygen atoms in total. The first kappa shape index (κ1) is 23.1. The van der Waals surface area contributed by atoms with E-state index in [1.54, 1.807) is 0 Å². The number of ether oxygens (including phenoxy) is 2. The van der Waals surface area contributed by atoms with E-state index in [-0.39, 0.29) is 5.60 Å². The van der Waals surface area contributed by atoms with Crippen molar-refractivity contribution in [3.8, 4) is 5.88 Å². The van der Waals surface area contributed by atoms with E-state index >= 15 is 0 Å². The number of rotatable bonds is 10. The first-order chi connectivity index (χ1) is 13.9. The smallest absolute Gasteiger partial charge is 0.243 e. The van der Waals surface area contributed by atoms with Gasteiger partial charge in [-0.3, -0.25) is 0 Å². The lowest BCUT2D eigenvalue weighted by Crippen LogP contribution is -2.14. The third kappa shape index (κ3) is 6.43. The minimum atomic E-state index is -0.143. The second-order valence-electron chi connectivity index (χ2n) is 7.31. The molecule has 0 radical (unpaired) electrons. The Kier molecular flexibility index (Phi) is 8.45. The van der Waals surface area contributed by atoms with Crippen LogP contribution in [0.25, 0.3) is 0 Å². The number of hydrogen-bond donors (Lipinski definition) is 0. The molecule has 158 valence electrons. The van der Waals surface area contributed by atoms with Crippen molar-refractivity contribution in [3.63, 3.8) is 0 Å². The standard InChI is InChI=1S/C23H32ClN3O2/c1-7-13-28-17(8-2)14-19(24)18(9-3)20(10-4)27-21-16(5)25-15-26-22(21)29-23(6)11-12-23/h8-9,14-15H,7,10-13H2,1-6H3/b17-8+,18-9+,19-14+,27-20?. The van der Waals surface area contributed by atoms with Gasteiger partial charge in [0.15, 0.2) is 0 Å². The van der Waals surface area contributed by atoms with Crippen molar-refractivity contribution in [2.75, 3.05) is 6.61 Å². The Labute approximate surface area is 179 Å². The average molecular weight is 418 g/mol. The molecule has 1 heterocycles. The van der Waals surface area contributed by atoms with Gasteiger partial charge in [-0.05, 0) is 65.5 Å². The molecule has 0 saturated heterocycles. The Hall–Kier alpha value is -2.14. The van der Waals surface area contributed by atoms with Crippen LogP contribution in [0.5, 0.6) is 5.88 Å². The Morgan fingerprint density at radius 2 is 1.97 bits per heavy atom. The Morgan fingerprint density at radius 3 is 2.52 bits per heavy atom. The zero-order valence-electron chi connectivity index (χ0n) is 18.4. The van der Waals surface area contributed by atoms with Gasteiger partial charge in [-0.1, -0.05) is 31.5 Å². The van der Waals surface area contributed by atoms with Gasteiger partial charge in [0.05, 0.1) is 17.3 Å². The van der Waals surface area contributed by atoms with E-state index in [1.165, 1.54) is 6.33 Å². The van der Waals surface area contributed by atoms with Crippen LogP contribution < -0.4 is 4.74 Å². The zero-order valence-corrected chi connectivity index (χ0v) is 19.1. The summed E-state index contributed by atoms with van der Waals surface area (Å²) in [5, 5.41) is 0.587. The first-order valence-electron chi connectivity index (χ1n) is 10.3. The van der Waals surface area contributed by atoms with Crippen LogP contribution in [0.3, 0.4) is 0 Å². The van der Waals surface area contributed by atoms with Crippen molar-refractivity contribution in [2.24, 2.45) is 4.99 Å². The van der Waals surface area contributed by atoms with E-state index < -0.39 is 0 Å². The number of nitrogens with zero attached hydrogens (tertiary/aromatic N) is 3. The maximum atomic E-state index is 6.66. The van der Waals surface area contributed by atoms with Crippen molar-refractivity contribution in [2.45, 2.75) is 72.8 Å². The molecule has 0 N–H and O–H groups in total. The number of halogens is 1. The molecule has 0 amide bonds. The molecular formula is C23H32ClN3O2. The minimum Gasteiger partial charge on any atom is -0.494 e. The van der Waals surface area contributed by atoms with Crippen LogP contribution in [-0.2, 0) is 4.74 Å². The molecule has 1 aromatic rings. The van der Waals surface area contributed by atoms with Gasteiger partial charge in [-0.15, -0.1) is 0 Å². The molecule has 0 atom stereocenters. The first-order valence-corrected chi connectivity index (χ1v) is 10.7. The SMILES string of the molecule is C\C=C(C(CC)=Nc1c(C)ncnc1OC1(C)CC1)/C(Cl)=C\C(=C/C)OCCC. The van der Waals surface area contributed by atoms with Gasteiger partial charge in [0, 0.05) is 11.3 Å². The average Bonchev–Trinajstić information content (AvgIpc) is 3.43. The molecule has 6 heteroatoms. The highest BCUT2D eigenvalue weighted by molar-refractivity contribution is 6.36. The van der Waals surface area contributed by atoms with Crippen LogP contribution in [0.1, 0.15) is 66.0 Å². The molecule has 1 aromatic heterocycles. The molecule has 0 bridgehead atoms. The topological polar surface area (TPSA) is 56.6 Å². The van der Waals surface area contributed by atoms with Crippen molar-refractivity contribution in [3.05, 3.63) is 46.6 Å². The molecule has 0 aromatic carbocycles. The molecule has 1 saturated carbocycles. The summed E-state index contributed by atoms with van der Waals surface area (Å²) in [5.41, 5.74) is 3.01. The maximum Gasteiger partial charge on any atom is 0.243 e. The molecule has 2 rings (SSSR count). The summed E-state index contributed by atoms with van der Waals surface area (Å²) < 4.78 is 11.8. The molecule has 0 aliphatic heterocycles. The van der Waals surface area contributed by atoms with Gasteiger partial charge in [-0.25, -0.2) is 9.98 Å². The van der Waals surface area contributed by atoms with Crippen molar-refractivity contribution >= 4 is 23.0 Å². The van der Waals surface area contributed by atoms with E-state index in [4.69, 9.17) is 26.1 Å². The number of aliphatic imine (C=N–C) groups is 1. The van der Waals surface area contributed by atoms with Crippen LogP contribution in [0.2, 0.25) is 0 Å². The van der Waals surface area contributed by atoms with Crippen LogP contribution in [-0.4, -0.2) is 27.9 Å². The Bertz CT molecular complexity index is 837. The normalized spacial score (nSPS) is 17.3. The summed E-state index contributed by atoms with van der Waals surface area (Å²) in [7, 11) is 0. The Morgan fingerprint density at radius 1 is 1.24 bits per heavy atom. The lowest BCUT2D eigenvalue weighted by Gasteiger charge is -2.16. The fourth-order valence-corrected chi connectivity index (χ4v) is 3.02. The summed E-state index contributed by atoms with van der Waals surface area (Å²) in [6, 6.07) is 0. The van der Waals surface area contributed by atoms with Crippen LogP contribution in [0, 0.1) is 6.92 Å². The van der Waals surface area contributed by atoms with Crippen molar-refractivity contribution in [1.82, 2.24) is 9.97 Å². The highest BCUT2D eigenvalue weighted by atomic mass is 35.5. The number of allylic oxidation sites excluding steroid dienone is 5. The Balaban J connectivity index is 2.39. The summed E-state index contributed by atoms with van der Waals surface area (Å²) in [6.07, 6.45) is 10.9. The predicted octanol–water partition coefficient (Wildman–Crippen LogP) is 6.60. The van der Waals surface area contributed by atoms with Crippen molar-refractivity contribution < 1.29 is 9.47 Å². The van der Waals surface area contributed by atoms with Crippen LogP contribution >= 0.6 is 11.6 Å². The quantitative estimate of drug-likeness (QED) is 0.244. The summed E-state index contributed by atoms with van der Waals surface area (Å²) in [5.74, 6) is 1.27. The molecule has 0 spiro atoms. The lowest BCUT2D eigenvalue weighted by molar-refractivity contribution is 0.192. The van der Waals surface area contributed by atoms with Gasteiger partial charge < -0.3 is 9.47 Å². The number of aromatic nitrogens is 2. The van der Waals surface area contributed by atoms with E-state index in [0.717, 1.165) is 42.0 Å². The van der Waals surface area contributed by atoms with E-state index in [0.29, 0.717) is 29.6 Å². The molecule has 0 unspecified atom stereocenters. The van der Waals surface area contributed by atoms with Gasteiger partial charge in [-0.2, -0.15) is 4.98 Å². The van der Waals surface area contributed by atoms with E-state index in [1.807, 2.05) is 39.0 Å². The minimum absolute atomic E-state index is 0.143. The fraction of sp³-hybridized carbons (Fsp3) is 0.522. The van der Waals surface area contributed by atoms with Gasteiger partial charge in [0.1, 0.15) is 23.4 Å². The number of hydrogen-bond acceptors (Lipinski definition) is 5. The van der Waals surface area contributed by atoms with Crippen LogP contribution in [0.4, 0.5) is 5.69 Å². The van der Waals surface area contributed by atoms with E-state index in [2.05, 4.69) is 30.7 Å². The maximum absolute atomic E-state index is 6.66. The molecule has 1 fully saturated rings. The predicted molar refractivity (Wildman–Crippen MR) is 120 cm³/mol. The van der Waals surface area contributed by atoms with Crippen LogP contribution in [0.15, 0.2) is 45.9 Å². The van der Waals surface area contributed by atoms with Gasteiger partial charge in [0.2, 0.25) is 5.88 Å². The molecule has 1 aliphatic carbocycles. The zero-order chi connectivity index (χ0) is 21.4. The largest absolute Gasteiger partial charge is 0.494 e. The highest BCUT2D eigenvalue weighted by Gasteiger charge is 2.41. The summed E-state index contributed by atoms with van der Waals surface area (Å²) in [6.45, 7) is 12.7. The third-order valence-electron chi connectivity index (χ3n) is 4.73. The number of aryl methyl sites for hydroxylation is 1.